The number of rotatable bonds is 5. The van der Waals surface area contributed by atoms with E-state index in [4.69, 9.17) is 11.6 Å². The molecule has 5 atom stereocenters. The Morgan fingerprint density at radius 3 is 2.56 bits per heavy atom. The van der Waals surface area contributed by atoms with Gasteiger partial charge in [0.15, 0.2) is 0 Å². The number of halogens is 2. The van der Waals surface area contributed by atoms with Crippen LogP contribution < -0.4 is 5.32 Å². The van der Waals surface area contributed by atoms with E-state index in [2.05, 4.69) is 5.32 Å². The van der Waals surface area contributed by atoms with Crippen LogP contribution in [-0.4, -0.2) is 26.6 Å². The Morgan fingerprint density at radius 2 is 1.85 bits per heavy atom. The second kappa shape index (κ2) is 8.92. The molecule has 0 amide bonds. The number of nitro groups is 1. The quantitative estimate of drug-likeness (QED) is 0.238. The number of nitro benzene ring substituents is 1. The molecule has 0 spiro atoms. The highest BCUT2D eigenvalue weighted by Gasteiger charge is 2.51. The van der Waals surface area contributed by atoms with Gasteiger partial charge in [0.2, 0.25) is 0 Å². The topological polar surface area (TPSA) is 92.5 Å². The summed E-state index contributed by atoms with van der Waals surface area (Å²) in [5, 5.41) is 24.2. The third-order valence-corrected chi connectivity index (χ3v) is 8.76. The summed E-state index contributed by atoms with van der Waals surface area (Å²) >= 11 is 8.43. The molecule has 3 aromatic rings. The van der Waals surface area contributed by atoms with Crippen molar-refractivity contribution in [3.05, 3.63) is 99.4 Å². The lowest BCUT2D eigenvalue weighted by Crippen LogP contribution is -2.32. The molecule has 1 fully saturated rings. The summed E-state index contributed by atoms with van der Waals surface area (Å²) < 4.78 is 13.6. The first-order valence-corrected chi connectivity index (χ1v) is 12.1. The number of anilines is 1. The number of para-hydroxylation sites is 2. The molecule has 34 heavy (non-hydrogen) atoms. The van der Waals surface area contributed by atoms with Gasteiger partial charge in [-0.1, -0.05) is 36.4 Å². The molecule has 1 aliphatic heterocycles. The molecule has 3 aromatic carbocycles. The van der Waals surface area contributed by atoms with Crippen molar-refractivity contribution in [1.29, 1.82) is 0 Å². The molecule has 5 rings (SSSR count). The molecule has 2 N–H and O–H groups in total. The first-order chi connectivity index (χ1) is 16.3. The van der Waals surface area contributed by atoms with Crippen LogP contribution in [0.1, 0.15) is 39.9 Å². The molecule has 1 aliphatic carbocycles. The molecule has 174 valence electrons. The summed E-state index contributed by atoms with van der Waals surface area (Å²) in [5.41, 5.74) is 2.37. The Morgan fingerprint density at radius 1 is 1.12 bits per heavy atom. The lowest BCUT2D eigenvalue weighted by Gasteiger charge is -2.39. The zero-order valence-corrected chi connectivity index (χ0v) is 19.3. The van der Waals surface area contributed by atoms with Crippen LogP contribution >= 0.6 is 23.4 Å². The molecule has 0 unspecified atom stereocenters. The average Bonchev–Trinajstić information content (AvgIpc) is 3.15. The number of benzene rings is 3. The van der Waals surface area contributed by atoms with Gasteiger partial charge in [-0.15, -0.1) is 23.4 Å². The number of carboxylic acids is 1. The highest BCUT2D eigenvalue weighted by Crippen LogP contribution is 2.58. The molecule has 0 radical (unpaired) electrons. The van der Waals surface area contributed by atoms with Gasteiger partial charge in [-0.25, -0.2) is 9.18 Å². The van der Waals surface area contributed by atoms with E-state index in [9.17, 15) is 24.4 Å². The van der Waals surface area contributed by atoms with Crippen molar-refractivity contribution in [3.63, 3.8) is 0 Å². The molecule has 6 nitrogen and oxygen atoms in total. The highest BCUT2D eigenvalue weighted by atomic mass is 35.5. The van der Waals surface area contributed by atoms with Gasteiger partial charge in [0.1, 0.15) is 5.82 Å². The predicted molar refractivity (Wildman–Crippen MR) is 129 cm³/mol. The van der Waals surface area contributed by atoms with E-state index >= 15 is 0 Å². The van der Waals surface area contributed by atoms with Crippen LogP contribution in [-0.2, 0) is 0 Å². The minimum atomic E-state index is -1.05. The van der Waals surface area contributed by atoms with Gasteiger partial charge >= 0.3 is 5.97 Å². The monoisotopic (exact) mass is 498 g/mol. The number of hydrogen-bond donors (Lipinski definition) is 2. The number of nitrogens with one attached hydrogen (secondary N) is 1. The smallest absolute Gasteiger partial charge is 0.337 e. The van der Waals surface area contributed by atoms with Crippen LogP contribution in [0.15, 0.2) is 71.6 Å². The zero-order chi connectivity index (χ0) is 24.0. The van der Waals surface area contributed by atoms with Crippen LogP contribution in [0.25, 0.3) is 0 Å². The Balaban J connectivity index is 1.57. The molecule has 0 aromatic heterocycles. The van der Waals surface area contributed by atoms with Gasteiger partial charge in [0.05, 0.1) is 32.5 Å². The Hall–Kier alpha value is -3.10. The van der Waals surface area contributed by atoms with E-state index in [0.29, 0.717) is 17.0 Å². The molecule has 2 aliphatic rings. The fraction of sp³-hybridized carbons (Fsp3) is 0.240. The van der Waals surface area contributed by atoms with Crippen molar-refractivity contribution in [2.45, 2.75) is 33.9 Å². The van der Waals surface area contributed by atoms with Crippen LogP contribution in [0.5, 0.6) is 0 Å². The van der Waals surface area contributed by atoms with Crippen molar-refractivity contribution in [2.24, 2.45) is 5.92 Å². The van der Waals surface area contributed by atoms with Crippen molar-refractivity contribution in [2.75, 3.05) is 5.32 Å². The molecular formula is C25H20ClFN2O4S. The van der Waals surface area contributed by atoms with Crippen molar-refractivity contribution >= 4 is 40.7 Å². The second-order valence-corrected chi connectivity index (χ2v) is 10.3. The molecule has 1 saturated carbocycles. The van der Waals surface area contributed by atoms with Gasteiger partial charge < -0.3 is 10.4 Å². The maximum atomic E-state index is 13.6. The second-order valence-electron chi connectivity index (χ2n) is 8.50. The third-order valence-electron chi connectivity index (χ3n) is 6.65. The number of carboxylic acid groups (broad SMARTS) is 1. The fourth-order valence-corrected chi connectivity index (χ4v) is 7.14. The Kier molecular flexibility index (Phi) is 5.95. The summed E-state index contributed by atoms with van der Waals surface area (Å²) in [5.74, 6) is -1.58. The van der Waals surface area contributed by atoms with Crippen LogP contribution in [0.2, 0.25) is 0 Å². The summed E-state index contributed by atoms with van der Waals surface area (Å²) in [6.45, 7) is 0. The van der Waals surface area contributed by atoms with Crippen LogP contribution in [0.4, 0.5) is 15.8 Å². The number of nitrogens with zero attached hydrogens (tertiary/aromatic N) is 1. The molecule has 1 heterocycles. The van der Waals surface area contributed by atoms with E-state index in [0.717, 1.165) is 11.1 Å². The number of carbonyl (C=O) groups is 1. The fourth-order valence-electron chi connectivity index (χ4n) is 5.19. The van der Waals surface area contributed by atoms with Crippen LogP contribution in [0, 0.1) is 21.8 Å². The molecule has 0 saturated heterocycles. The third kappa shape index (κ3) is 3.91. The molecule has 0 bridgehead atoms. The van der Waals surface area contributed by atoms with E-state index in [-0.39, 0.29) is 45.6 Å². The molecule has 9 heteroatoms. The van der Waals surface area contributed by atoms with Gasteiger partial charge in [0, 0.05) is 17.2 Å². The number of fused-ring (bicyclic) bond motifs is 3. The van der Waals surface area contributed by atoms with E-state index in [1.165, 1.54) is 30.0 Å². The summed E-state index contributed by atoms with van der Waals surface area (Å²) in [7, 11) is 0. The minimum Gasteiger partial charge on any atom is -0.478 e. The van der Waals surface area contributed by atoms with Crippen LogP contribution in [0.3, 0.4) is 0 Å². The first kappa shape index (κ1) is 22.7. The normalized spacial score (nSPS) is 25.2. The number of aromatic carboxylic acids is 1. The van der Waals surface area contributed by atoms with Gasteiger partial charge in [-0.3, -0.25) is 10.1 Å². The predicted octanol–water partition coefficient (Wildman–Crippen LogP) is 6.47. The van der Waals surface area contributed by atoms with Crippen molar-refractivity contribution < 1.29 is 19.2 Å². The van der Waals surface area contributed by atoms with E-state index in [1.807, 2.05) is 6.07 Å². The van der Waals surface area contributed by atoms with Gasteiger partial charge in [-0.05, 0) is 47.7 Å². The maximum Gasteiger partial charge on any atom is 0.337 e. The number of alkyl halides is 1. The van der Waals surface area contributed by atoms with Gasteiger partial charge in [-0.2, -0.15) is 0 Å². The van der Waals surface area contributed by atoms with E-state index in [1.54, 1.807) is 42.5 Å². The molecular weight excluding hydrogens is 479 g/mol. The summed E-state index contributed by atoms with van der Waals surface area (Å²) in [6.07, 6.45) is 0.654. The first-order valence-electron chi connectivity index (χ1n) is 10.8. The standard InChI is InChI=1S/C25H20ClFN2O4S/c26-22-20(34-19-7-2-1-6-18(19)29(32)33)12-17-21(22)15-4-3-5-16(25(30)31)24(15)28-23(17)13-8-10-14(27)11-9-13/h1-11,17,20-23,28H,12H2,(H,30,31)/t17-,20+,21-,22-,23-/m1/s1. The van der Waals surface area contributed by atoms with E-state index < -0.39 is 10.9 Å². The largest absolute Gasteiger partial charge is 0.478 e. The van der Waals surface area contributed by atoms with Crippen molar-refractivity contribution in [3.8, 4) is 0 Å². The Bertz CT molecular complexity index is 1270. The zero-order valence-electron chi connectivity index (χ0n) is 17.7. The minimum absolute atomic E-state index is 0.00947. The van der Waals surface area contributed by atoms with Crippen molar-refractivity contribution in [1.82, 2.24) is 0 Å². The number of thioether (sulfide) groups is 1. The summed E-state index contributed by atoms with van der Waals surface area (Å²) in [4.78, 5) is 23.6. The lowest BCUT2D eigenvalue weighted by atomic mass is 9.76. The Labute approximate surface area is 204 Å². The van der Waals surface area contributed by atoms with Gasteiger partial charge in [0.25, 0.3) is 5.69 Å². The highest BCUT2D eigenvalue weighted by molar-refractivity contribution is 8.00. The average molecular weight is 499 g/mol. The number of hydrogen-bond acceptors (Lipinski definition) is 5. The maximum absolute atomic E-state index is 13.6. The lowest BCUT2D eigenvalue weighted by molar-refractivity contribution is -0.387. The summed E-state index contributed by atoms with van der Waals surface area (Å²) in [6, 6.07) is 17.6. The SMILES string of the molecule is O=C(O)c1cccc2c1N[C@H](c1ccc(F)cc1)[C@@H]1C[C@H](Sc3ccccc3[N+](=O)[O-])[C@@H](Cl)[C@H]21.